The normalized spacial score (nSPS) is 11.4. The molecule has 3 aromatic rings. The van der Waals surface area contributed by atoms with Crippen molar-refractivity contribution < 1.29 is 13.2 Å². The molecule has 3 rings (SSSR count). The summed E-state index contributed by atoms with van der Waals surface area (Å²) in [6.45, 7) is 6.58. The smallest absolute Gasteiger partial charge is 0.289 e. The Morgan fingerprint density at radius 3 is 2.71 bits per heavy atom. The molecule has 0 aliphatic carbocycles. The number of carbonyl (C=O) groups is 1. The highest BCUT2D eigenvalue weighted by Crippen LogP contribution is 2.30. The third-order valence-corrected chi connectivity index (χ3v) is 7.01. The van der Waals surface area contributed by atoms with Gasteiger partial charge in [-0.25, -0.2) is 4.98 Å². The lowest BCUT2D eigenvalue weighted by atomic mass is 10.1. The minimum Gasteiger partial charge on any atom is -0.358 e. The van der Waals surface area contributed by atoms with E-state index in [4.69, 9.17) is 0 Å². The number of nitriles is 1. The minimum absolute atomic E-state index is 0.106. The zero-order chi connectivity index (χ0) is 20.5. The summed E-state index contributed by atoms with van der Waals surface area (Å²) in [6.07, 6.45) is 1.54. The van der Waals surface area contributed by atoms with Crippen molar-refractivity contribution in [2.45, 2.75) is 25.1 Å². The Kier molecular flexibility index (Phi) is 5.40. The highest BCUT2D eigenvalue weighted by Gasteiger charge is 2.24. The molecule has 0 aliphatic rings. The molecule has 2 aromatic heterocycles. The van der Waals surface area contributed by atoms with E-state index in [1.54, 1.807) is 23.2 Å². The van der Waals surface area contributed by atoms with Gasteiger partial charge in [0.1, 0.15) is 11.8 Å². The Bertz CT molecular complexity index is 1180. The second-order valence-electron chi connectivity index (χ2n) is 6.08. The maximum absolute atomic E-state index is 12.8. The third kappa shape index (κ3) is 3.46. The number of H-pyrrole nitrogens is 1. The van der Waals surface area contributed by atoms with E-state index < -0.39 is 10.0 Å². The van der Waals surface area contributed by atoms with Crippen LogP contribution in [-0.2, 0) is 10.0 Å². The molecule has 8 nitrogen and oxygen atoms in total. The fraction of sp³-hybridized carbons (Fsp3) is 0.278. The lowest BCUT2D eigenvalue weighted by molar-refractivity contribution is 0.0767. The van der Waals surface area contributed by atoms with E-state index in [-0.39, 0.29) is 15.9 Å². The van der Waals surface area contributed by atoms with Crippen molar-refractivity contribution in [3.8, 4) is 6.07 Å². The van der Waals surface area contributed by atoms with Crippen molar-refractivity contribution in [3.63, 3.8) is 0 Å². The van der Waals surface area contributed by atoms with Crippen molar-refractivity contribution in [1.82, 2.24) is 14.9 Å². The van der Waals surface area contributed by atoms with Gasteiger partial charge in [0.15, 0.2) is 0 Å². The molecule has 1 amide bonds. The first-order valence-corrected chi connectivity index (χ1v) is 11.0. The molecule has 0 spiro atoms. The average Bonchev–Trinajstić information content (AvgIpc) is 3.32. The number of aromatic amines is 1. The van der Waals surface area contributed by atoms with Gasteiger partial charge < -0.3 is 9.88 Å². The Morgan fingerprint density at radius 2 is 2.07 bits per heavy atom. The maximum Gasteiger partial charge on any atom is 0.289 e. The van der Waals surface area contributed by atoms with Crippen LogP contribution >= 0.6 is 11.3 Å². The summed E-state index contributed by atoms with van der Waals surface area (Å²) >= 11 is 0.889. The summed E-state index contributed by atoms with van der Waals surface area (Å²) in [6, 6.07) is 5.46. The number of anilines is 1. The van der Waals surface area contributed by atoms with Crippen molar-refractivity contribution in [2.24, 2.45) is 0 Å². The molecular formula is C18H19N5O3S2. The van der Waals surface area contributed by atoms with Gasteiger partial charge in [-0.1, -0.05) is 6.07 Å². The number of nitrogens with zero attached hydrogens (tertiary/aromatic N) is 3. The standard InChI is InChI=1S/C18H19N5O3S2/c1-4-23(5-2)17(24)14-10-27-18(21-14)28(25,26)22-13-7-6-11(3)15-12(8-19)9-20-16(13)15/h6-7,9-10,20,22H,4-5H2,1-3H3. The monoisotopic (exact) mass is 417 g/mol. The van der Waals surface area contributed by atoms with E-state index in [1.165, 1.54) is 5.38 Å². The number of aromatic nitrogens is 2. The Labute approximate surface area is 166 Å². The second-order valence-corrected chi connectivity index (χ2v) is 8.79. The predicted octanol–water partition coefficient (Wildman–Crippen LogP) is 3.09. The zero-order valence-corrected chi connectivity index (χ0v) is 17.2. The lowest BCUT2D eigenvalue weighted by Crippen LogP contribution is -2.30. The van der Waals surface area contributed by atoms with Crippen LogP contribution < -0.4 is 4.72 Å². The van der Waals surface area contributed by atoms with Gasteiger partial charge in [-0.3, -0.25) is 9.52 Å². The number of nitrogens with one attached hydrogen (secondary N) is 2. The highest BCUT2D eigenvalue weighted by molar-refractivity contribution is 7.94. The number of hydrogen-bond acceptors (Lipinski definition) is 6. The van der Waals surface area contributed by atoms with E-state index in [9.17, 15) is 18.5 Å². The summed E-state index contributed by atoms with van der Waals surface area (Å²) < 4.78 is 27.9. The lowest BCUT2D eigenvalue weighted by Gasteiger charge is -2.16. The number of amides is 1. The van der Waals surface area contributed by atoms with Crippen LogP contribution in [0.3, 0.4) is 0 Å². The Morgan fingerprint density at radius 1 is 1.36 bits per heavy atom. The van der Waals surface area contributed by atoms with Gasteiger partial charge in [0, 0.05) is 30.1 Å². The quantitative estimate of drug-likeness (QED) is 0.639. The van der Waals surface area contributed by atoms with Crippen molar-refractivity contribution in [1.29, 1.82) is 5.26 Å². The molecule has 28 heavy (non-hydrogen) atoms. The summed E-state index contributed by atoms with van der Waals surface area (Å²) in [4.78, 5) is 20.9. The molecule has 0 saturated heterocycles. The predicted molar refractivity (Wildman–Crippen MR) is 108 cm³/mol. The van der Waals surface area contributed by atoms with Gasteiger partial charge in [-0.15, -0.1) is 11.3 Å². The molecule has 0 saturated carbocycles. The molecule has 146 valence electrons. The zero-order valence-electron chi connectivity index (χ0n) is 15.6. The minimum atomic E-state index is -3.98. The first kappa shape index (κ1) is 19.9. The number of hydrogen-bond donors (Lipinski definition) is 2. The molecule has 2 N–H and O–H groups in total. The maximum atomic E-state index is 12.8. The van der Waals surface area contributed by atoms with Gasteiger partial charge in [-0.05, 0) is 32.4 Å². The Hall–Kier alpha value is -2.90. The van der Waals surface area contributed by atoms with Gasteiger partial charge in [-0.2, -0.15) is 13.7 Å². The van der Waals surface area contributed by atoms with E-state index in [1.807, 2.05) is 20.8 Å². The van der Waals surface area contributed by atoms with Gasteiger partial charge >= 0.3 is 0 Å². The number of sulfonamides is 1. The number of fused-ring (bicyclic) bond motifs is 1. The SMILES string of the molecule is CCN(CC)C(=O)c1csc(S(=O)(=O)Nc2ccc(C)c3c(C#N)c[nH]c23)n1. The van der Waals surface area contributed by atoms with Crippen LogP contribution in [0.5, 0.6) is 0 Å². The number of benzene rings is 1. The van der Waals surface area contributed by atoms with Crippen molar-refractivity contribution in [3.05, 3.63) is 40.5 Å². The largest absolute Gasteiger partial charge is 0.358 e. The van der Waals surface area contributed by atoms with Crippen LogP contribution in [0.1, 0.15) is 35.5 Å². The molecular weight excluding hydrogens is 398 g/mol. The highest BCUT2D eigenvalue weighted by atomic mass is 32.2. The molecule has 0 fully saturated rings. The van der Waals surface area contributed by atoms with E-state index in [2.05, 4.69) is 20.8 Å². The van der Waals surface area contributed by atoms with Gasteiger partial charge in [0.05, 0.1) is 16.8 Å². The Balaban J connectivity index is 1.95. The summed E-state index contributed by atoms with van der Waals surface area (Å²) in [5.41, 5.74) is 2.24. The topological polar surface area (TPSA) is 119 Å². The molecule has 0 atom stereocenters. The third-order valence-electron chi connectivity index (χ3n) is 4.39. The van der Waals surface area contributed by atoms with E-state index in [0.717, 1.165) is 16.9 Å². The van der Waals surface area contributed by atoms with Crippen molar-refractivity contribution >= 4 is 43.9 Å². The summed E-state index contributed by atoms with van der Waals surface area (Å²) in [5, 5.41) is 11.4. The van der Waals surface area contributed by atoms with Crippen molar-refractivity contribution in [2.75, 3.05) is 17.8 Å². The second kappa shape index (κ2) is 7.61. The molecule has 0 aliphatic heterocycles. The number of rotatable bonds is 6. The van der Waals surface area contributed by atoms with E-state index in [0.29, 0.717) is 35.2 Å². The van der Waals surface area contributed by atoms with Gasteiger partial charge in [0.2, 0.25) is 4.34 Å². The van der Waals surface area contributed by atoms with Crippen LogP contribution in [0.25, 0.3) is 10.9 Å². The molecule has 10 heteroatoms. The van der Waals surface area contributed by atoms with E-state index >= 15 is 0 Å². The molecule has 0 radical (unpaired) electrons. The van der Waals surface area contributed by atoms with Crippen LogP contribution in [-0.4, -0.2) is 42.3 Å². The van der Waals surface area contributed by atoms with Crippen LogP contribution in [0, 0.1) is 18.3 Å². The summed E-state index contributed by atoms with van der Waals surface area (Å²) in [5.74, 6) is -0.302. The molecule has 2 heterocycles. The fourth-order valence-corrected chi connectivity index (χ4v) is 4.99. The summed E-state index contributed by atoms with van der Waals surface area (Å²) in [7, 11) is -3.98. The van der Waals surface area contributed by atoms with Gasteiger partial charge in [0.25, 0.3) is 15.9 Å². The number of aryl methyl sites for hydroxylation is 1. The first-order chi connectivity index (χ1) is 13.3. The van der Waals surface area contributed by atoms with Crippen LogP contribution in [0.2, 0.25) is 0 Å². The molecule has 0 bridgehead atoms. The molecule has 1 aromatic carbocycles. The number of thiazole rings is 1. The van der Waals surface area contributed by atoms with Crippen LogP contribution in [0.4, 0.5) is 5.69 Å². The fourth-order valence-electron chi connectivity index (χ4n) is 2.93. The van der Waals surface area contributed by atoms with Crippen LogP contribution in [0.15, 0.2) is 28.0 Å². The average molecular weight is 418 g/mol. The molecule has 0 unspecified atom stereocenters. The number of carbonyl (C=O) groups excluding carboxylic acids is 1. The first-order valence-electron chi connectivity index (χ1n) is 8.60.